The molecule has 1 aliphatic heterocycles. The van der Waals surface area contributed by atoms with Gasteiger partial charge in [-0.05, 0) is 18.2 Å². The molecule has 1 aliphatic rings. The number of hydrogen-bond acceptors (Lipinski definition) is 4. The van der Waals surface area contributed by atoms with Gasteiger partial charge in [0.1, 0.15) is 0 Å². The van der Waals surface area contributed by atoms with Crippen molar-refractivity contribution in [1.29, 1.82) is 0 Å². The fourth-order valence-electron chi connectivity index (χ4n) is 2.02. The highest BCUT2D eigenvalue weighted by Gasteiger charge is 2.26. The quantitative estimate of drug-likeness (QED) is 0.721. The highest BCUT2D eigenvalue weighted by molar-refractivity contribution is 7.89. The summed E-state index contributed by atoms with van der Waals surface area (Å²) in [6.07, 6.45) is 0.173. The zero-order valence-corrected chi connectivity index (χ0v) is 12.3. The number of amides is 1. The molecule has 0 spiro atoms. The molecule has 21 heavy (non-hydrogen) atoms. The van der Waals surface area contributed by atoms with Gasteiger partial charge < -0.3 is 11.1 Å². The molecule has 1 aromatic carbocycles. The maximum Gasteiger partial charge on any atom is 0.243 e. The molecule has 1 saturated heterocycles. The molecule has 0 bridgehead atoms. The van der Waals surface area contributed by atoms with E-state index in [1.165, 1.54) is 16.4 Å². The molecule has 0 aromatic heterocycles. The highest BCUT2D eigenvalue weighted by Crippen LogP contribution is 2.17. The summed E-state index contributed by atoms with van der Waals surface area (Å²) in [5.74, 6) is 5.38. The molecule has 6 nitrogen and oxygen atoms in total. The second kappa shape index (κ2) is 6.72. The summed E-state index contributed by atoms with van der Waals surface area (Å²) in [6, 6.07) is 6.44. The second-order valence-corrected chi connectivity index (χ2v) is 6.48. The number of benzene rings is 1. The average Bonchev–Trinajstić information content (AvgIpc) is 2.70. The monoisotopic (exact) mass is 307 g/mol. The van der Waals surface area contributed by atoms with Gasteiger partial charge in [0.05, 0.1) is 11.4 Å². The van der Waals surface area contributed by atoms with Crippen molar-refractivity contribution in [2.24, 2.45) is 5.73 Å². The van der Waals surface area contributed by atoms with Crippen LogP contribution in [0.2, 0.25) is 0 Å². The van der Waals surface area contributed by atoms with Crippen LogP contribution < -0.4 is 11.1 Å². The molecule has 3 N–H and O–H groups in total. The van der Waals surface area contributed by atoms with Gasteiger partial charge in [-0.15, -0.1) is 0 Å². The van der Waals surface area contributed by atoms with Crippen LogP contribution in [0.5, 0.6) is 0 Å². The van der Waals surface area contributed by atoms with Crippen molar-refractivity contribution in [2.75, 3.05) is 26.2 Å². The maximum atomic E-state index is 12.6. The van der Waals surface area contributed by atoms with Crippen LogP contribution in [-0.4, -0.2) is 44.8 Å². The van der Waals surface area contributed by atoms with Crippen LogP contribution in [0.4, 0.5) is 0 Å². The lowest BCUT2D eigenvalue weighted by molar-refractivity contribution is -0.120. The third-order valence-corrected chi connectivity index (χ3v) is 4.97. The zero-order chi connectivity index (χ0) is 15.3. The molecule has 7 heteroatoms. The molecule has 0 atom stereocenters. The minimum Gasteiger partial charge on any atom is -0.355 e. The van der Waals surface area contributed by atoms with Crippen LogP contribution in [0.3, 0.4) is 0 Å². The van der Waals surface area contributed by atoms with Gasteiger partial charge in [-0.1, -0.05) is 17.9 Å². The Hall–Kier alpha value is -1.88. The van der Waals surface area contributed by atoms with Gasteiger partial charge >= 0.3 is 0 Å². The third-order valence-electron chi connectivity index (χ3n) is 3.08. The lowest BCUT2D eigenvalue weighted by Crippen LogP contribution is -2.34. The Balaban J connectivity index is 2.28. The highest BCUT2D eigenvalue weighted by atomic mass is 32.2. The fraction of sp³-hybridized carbons (Fsp3) is 0.357. The summed E-state index contributed by atoms with van der Waals surface area (Å²) in [5, 5.41) is 2.66. The Kier molecular flexibility index (Phi) is 4.96. The van der Waals surface area contributed by atoms with Crippen LogP contribution in [0.25, 0.3) is 0 Å². The molecular weight excluding hydrogens is 290 g/mol. The van der Waals surface area contributed by atoms with Crippen molar-refractivity contribution in [2.45, 2.75) is 11.3 Å². The van der Waals surface area contributed by atoms with Gasteiger partial charge in [-0.2, -0.15) is 4.31 Å². The number of rotatable bonds is 2. The van der Waals surface area contributed by atoms with Gasteiger partial charge in [0, 0.05) is 31.6 Å². The average molecular weight is 307 g/mol. The van der Waals surface area contributed by atoms with Crippen LogP contribution in [0.1, 0.15) is 12.0 Å². The van der Waals surface area contributed by atoms with Crippen LogP contribution in [0.15, 0.2) is 29.2 Å². The largest absolute Gasteiger partial charge is 0.355 e. The lowest BCUT2D eigenvalue weighted by Gasteiger charge is -2.19. The van der Waals surface area contributed by atoms with E-state index in [2.05, 4.69) is 17.2 Å². The summed E-state index contributed by atoms with van der Waals surface area (Å²) in [7, 11) is -3.61. The number of sulfonamides is 1. The molecule has 2 rings (SSSR count). The first-order valence-corrected chi connectivity index (χ1v) is 8.04. The predicted molar refractivity (Wildman–Crippen MR) is 78.8 cm³/mol. The van der Waals surface area contributed by atoms with Crippen molar-refractivity contribution in [3.63, 3.8) is 0 Å². The Morgan fingerprint density at radius 3 is 2.90 bits per heavy atom. The van der Waals surface area contributed by atoms with E-state index in [4.69, 9.17) is 5.73 Å². The first kappa shape index (κ1) is 15.5. The summed E-state index contributed by atoms with van der Waals surface area (Å²) in [6.45, 7) is 1.00. The lowest BCUT2D eigenvalue weighted by atomic mass is 10.2. The number of nitrogens with zero attached hydrogens (tertiary/aromatic N) is 1. The molecule has 0 aliphatic carbocycles. The molecule has 0 radical (unpaired) electrons. The van der Waals surface area contributed by atoms with E-state index >= 15 is 0 Å². The molecular formula is C14H17N3O3S. The van der Waals surface area contributed by atoms with E-state index in [1.807, 2.05) is 0 Å². The topological polar surface area (TPSA) is 92.5 Å². The summed E-state index contributed by atoms with van der Waals surface area (Å²) in [4.78, 5) is 11.5. The van der Waals surface area contributed by atoms with Gasteiger partial charge in [-0.25, -0.2) is 8.42 Å². The fourth-order valence-corrected chi connectivity index (χ4v) is 3.51. The van der Waals surface area contributed by atoms with Crippen molar-refractivity contribution < 1.29 is 13.2 Å². The number of carbonyl (C=O) groups excluding carboxylic acids is 1. The second-order valence-electron chi connectivity index (χ2n) is 4.54. The van der Waals surface area contributed by atoms with Gasteiger partial charge in [0.15, 0.2) is 0 Å². The maximum absolute atomic E-state index is 12.6. The number of hydrogen-bond donors (Lipinski definition) is 2. The summed E-state index contributed by atoms with van der Waals surface area (Å²) >= 11 is 0. The Labute approximate surface area is 124 Å². The Bertz CT molecular complexity index is 689. The first-order chi connectivity index (χ1) is 10.0. The molecule has 112 valence electrons. The van der Waals surface area contributed by atoms with Gasteiger partial charge in [-0.3, -0.25) is 4.79 Å². The third kappa shape index (κ3) is 3.82. The summed E-state index contributed by atoms with van der Waals surface area (Å²) in [5.41, 5.74) is 5.91. The van der Waals surface area contributed by atoms with Crippen LogP contribution in [0, 0.1) is 11.8 Å². The van der Waals surface area contributed by atoms with Crippen molar-refractivity contribution in [3.8, 4) is 11.8 Å². The van der Waals surface area contributed by atoms with Gasteiger partial charge in [0.25, 0.3) is 0 Å². The molecule has 1 heterocycles. The molecule has 1 fully saturated rings. The predicted octanol–water partition coefficient (Wildman–Crippen LogP) is -0.493. The van der Waals surface area contributed by atoms with Crippen molar-refractivity contribution >= 4 is 15.9 Å². The smallest absolute Gasteiger partial charge is 0.243 e. The van der Waals surface area contributed by atoms with E-state index < -0.39 is 10.0 Å². The minimum absolute atomic E-state index is 0.129. The van der Waals surface area contributed by atoms with Crippen molar-refractivity contribution in [3.05, 3.63) is 29.8 Å². The van der Waals surface area contributed by atoms with E-state index in [-0.39, 0.29) is 36.9 Å². The number of carbonyl (C=O) groups is 1. The first-order valence-electron chi connectivity index (χ1n) is 6.60. The number of nitrogens with two attached hydrogens (primary N) is 1. The minimum atomic E-state index is -3.61. The van der Waals surface area contributed by atoms with E-state index in [1.54, 1.807) is 12.1 Å². The van der Waals surface area contributed by atoms with Crippen LogP contribution in [-0.2, 0) is 14.8 Å². The summed E-state index contributed by atoms with van der Waals surface area (Å²) < 4.78 is 26.5. The molecule has 1 amide bonds. The standard InChI is InChI=1S/C14H17N3O3S/c15-7-2-4-12-3-1-5-13(11-12)21(19,20)17-9-6-14(18)16-8-10-17/h1,3,5,11H,6-10,15H2,(H,16,18). The Morgan fingerprint density at radius 2 is 2.14 bits per heavy atom. The molecule has 0 saturated carbocycles. The van der Waals surface area contributed by atoms with Crippen molar-refractivity contribution in [1.82, 2.24) is 9.62 Å². The normalized spacial score (nSPS) is 16.5. The van der Waals surface area contributed by atoms with Crippen LogP contribution >= 0.6 is 0 Å². The van der Waals surface area contributed by atoms with E-state index in [0.29, 0.717) is 12.1 Å². The van der Waals surface area contributed by atoms with E-state index in [0.717, 1.165) is 0 Å². The SMILES string of the molecule is NCC#Cc1cccc(S(=O)(=O)N2CCNC(=O)CC2)c1. The number of nitrogens with one attached hydrogen (secondary N) is 1. The molecule has 1 aromatic rings. The zero-order valence-electron chi connectivity index (χ0n) is 11.5. The Morgan fingerprint density at radius 1 is 1.33 bits per heavy atom. The van der Waals surface area contributed by atoms with Gasteiger partial charge in [0.2, 0.25) is 15.9 Å². The molecule has 0 unspecified atom stereocenters. The van der Waals surface area contributed by atoms with E-state index in [9.17, 15) is 13.2 Å².